The van der Waals surface area contributed by atoms with E-state index in [-0.39, 0.29) is 5.91 Å². The number of thiocarbonyl (C=S) groups is 1. The molecule has 0 unspecified atom stereocenters. The molecule has 1 aliphatic heterocycles. The van der Waals surface area contributed by atoms with Crippen LogP contribution in [0.25, 0.3) is 6.08 Å². The predicted octanol–water partition coefficient (Wildman–Crippen LogP) is 3.60. The second-order valence-electron chi connectivity index (χ2n) is 4.88. The minimum atomic E-state index is -0.145. The minimum absolute atomic E-state index is 0.145. The van der Waals surface area contributed by atoms with Gasteiger partial charge in [-0.25, -0.2) is 0 Å². The molecular formula is C17H13ClN2OS. The Hall–Kier alpha value is -2.17. The van der Waals surface area contributed by atoms with Gasteiger partial charge in [-0.1, -0.05) is 60.1 Å². The summed E-state index contributed by atoms with van der Waals surface area (Å²) in [6.07, 6.45) is 1.79. The first-order chi connectivity index (χ1) is 10.6. The fraction of sp³-hybridized carbons (Fsp3) is 0.0588. The van der Waals surface area contributed by atoms with E-state index in [2.05, 4.69) is 5.32 Å². The van der Waals surface area contributed by atoms with Crippen molar-refractivity contribution in [1.82, 2.24) is 10.2 Å². The summed E-state index contributed by atoms with van der Waals surface area (Å²) in [4.78, 5) is 14.0. The monoisotopic (exact) mass is 328 g/mol. The van der Waals surface area contributed by atoms with Gasteiger partial charge in [-0.05, 0) is 35.5 Å². The highest BCUT2D eigenvalue weighted by Crippen LogP contribution is 2.21. The maximum Gasteiger partial charge on any atom is 0.276 e. The number of benzene rings is 2. The first kappa shape index (κ1) is 14.8. The molecule has 3 nitrogen and oxygen atoms in total. The molecule has 2 aromatic rings. The van der Waals surface area contributed by atoms with E-state index in [1.807, 2.05) is 48.5 Å². The van der Waals surface area contributed by atoms with Crippen molar-refractivity contribution < 1.29 is 4.79 Å². The van der Waals surface area contributed by atoms with Crippen molar-refractivity contribution in [3.63, 3.8) is 0 Å². The highest BCUT2D eigenvalue weighted by atomic mass is 35.5. The molecule has 3 rings (SSSR count). The molecule has 0 radical (unpaired) electrons. The molecule has 1 amide bonds. The Balaban J connectivity index is 1.83. The number of carbonyl (C=O) groups excluding carboxylic acids is 1. The summed E-state index contributed by atoms with van der Waals surface area (Å²) in [5.41, 5.74) is 2.28. The third kappa shape index (κ3) is 3.03. The van der Waals surface area contributed by atoms with Crippen molar-refractivity contribution in [2.24, 2.45) is 0 Å². The van der Waals surface area contributed by atoms with E-state index in [0.717, 1.165) is 11.1 Å². The lowest BCUT2D eigenvalue weighted by Crippen LogP contribution is -2.30. The van der Waals surface area contributed by atoms with Crippen LogP contribution in [0.2, 0.25) is 5.02 Å². The van der Waals surface area contributed by atoms with Crippen LogP contribution in [-0.2, 0) is 11.3 Å². The lowest BCUT2D eigenvalue weighted by atomic mass is 10.2. The van der Waals surface area contributed by atoms with E-state index in [1.165, 1.54) is 4.90 Å². The molecule has 1 N–H and O–H groups in total. The second kappa shape index (κ2) is 6.30. The molecule has 1 aliphatic rings. The Bertz CT molecular complexity index is 758. The number of hydrogen-bond acceptors (Lipinski definition) is 2. The third-order valence-electron chi connectivity index (χ3n) is 3.36. The molecule has 0 saturated carbocycles. The van der Waals surface area contributed by atoms with Gasteiger partial charge in [0.25, 0.3) is 5.91 Å². The van der Waals surface area contributed by atoms with Crippen LogP contribution in [0.15, 0.2) is 60.3 Å². The number of halogens is 1. The highest BCUT2D eigenvalue weighted by molar-refractivity contribution is 7.80. The zero-order chi connectivity index (χ0) is 15.5. The lowest BCUT2D eigenvalue weighted by Gasteiger charge is -2.14. The molecule has 1 fully saturated rings. The van der Waals surface area contributed by atoms with E-state index in [4.69, 9.17) is 23.8 Å². The van der Waals surface area contributed by atoms with Gasteiger partial charge in [0.15, 0.2) is 5.11 Å². The first-order valence-electron chi connectivity index (χ1n) is 6.78. The van der Waals surface area contributed by atoms with Gasteiger partial charge in [0.1, 0.15) is 5.70 Å². The molecule has 0 aliphatic carbocycles. The van der Waals surface area contributed by atoms with E-state index in [9.17, 15) is 4.79 Å². The van der Waals surface area contributed by atoms with Crippen molar-refractivity contribution in [3.05, 3.63) is 76.4 Å². The summed E-state index contributed by atoms with van der Waals surface area (Å²) in [5.74, 6) is -0.145. The largest absolute Gasteiger partial charge is 0.328 e. The van der Waals surface area contributed by atoms with Crippen molar-refractivity contribution >= 4 is 40.9 Å². The topological polar surface area (TPSA) is 32.3 Å². The maximum absolute atomic E-state index is 12.5. The zero-order valence-corrected chi connectivity index (χ0v) is 13.2. The fourth-order valence-electron chi connectivity index (χ4n) is 2.23. The van der Waals surface area contributed by atoms with Crippen LogP contribution in [0.4, 0.5) is 0 Å². The SMILES string of the molecule is O=C1/C(=C\c2ccccc2)NC(=S)N1Cc1ccccc1Cl. The van der Waals surface area contributed by atoms with Gasteiger partial charge in [0.05, 0.1) is 6.54 Å². The summed E-state index contributed by atoms with van der Waals surface area (Å²) in [6, 6.07) is 17.1. The Morgan fingerprint density at radius 2 is 1.77 bits per heavy atom. The summed E-state index contributed by atoms with van der Waals surface area (Å²) in [7, 11) is 0. The van der Waals surface area contributed by atoms with E-state index < -0.39 is 0 Å². The fourth-order valence-corrected chi connectivity index (χ4v) is 2.68. The van der Waals surface area contributed by atoms with Gasteiger partial charge in [0, 0.05) is 5.02 Å². The standard InChI is InChI=1S/C17H13ClN2OS/c18-14-9-5-4-8-13(14)11-20-16(21)15(19-17(20)22)10-12-6-2-1-3-7-12/h1-10H,11H2,(H,19,22)/b15-10+. The average Bonchev–Trinajstić information content (AvgIpc) is 2.78. The maximum atomic E-state index is 12.5. The molecule has 5 heteroatoms. The van der Waals surface area contributed by atoms with Crippen molar-refractivity contribution in [1.29, 1.82) is 0 Å². The molecule has 0 spiro atoms. The Morgan fingerprint density at radius 1 is 1.09 bits per heavy atom. The van der Waals surface area contributed by atoms with Gasteiger partial charge in [0.2, 0.25) is 0 Å². The van der Waals surface area contributed by atoms with Crippen LogP contribution in [0.5, 0.6) is 0 Å². The van der Waals surface area contributed by atoms with Crippen LogP contribution in [0, 0.1) is 0 Å². The lowest BCUT2D eigenvalue weighted by molar-refractivity contribution is -0.122. The van der Waals surface area contributed by atoms with Gasteiger partial charge in [-0.3, -0.25) is 9.69 Å². The molecule has 1 saturated heterocycles. The molecule has 22 heavy (non-hydrogen) atoms. The van der Waals surface area contributed by atoms with E-state index >= 15 is 0 Å². The van der Waals surface area contributed by atoms with E-state index in [1.54, 1.807) is 12.1 Å². The number of rotatable bonds is 3. The normalized spacial score (nSPS) is 16.2. The number of nitrogens with one attached hydrogen (secondary N) is 1. The predicted molar refractivity (Wildman–Crippen MR) is 92.2 cm³/mol. The van der Waals surface area contributed by atoms with Crippen LogP contribution < -0.4 is 5.32 Å². The van der Waals surface area contributed by atoms with Crippen LogP contribution >= 0.6 is 23.8 Å². The highest BCUT2D eigenvalue weighted by Gasteiger charge is 2.30. The van der Waals surface area contributed by atoms with Crippen LogP contribution in [-0.4, -0.2) is 15.9 Å². The quantitative estimate of drug-likeness (QED) is 0.690. The molecule has 0 atom stereocenters. The van der Waals surface area contributed by atoms with Gasteiger partial charge >= 0.3 is 0 Å². The first-order valence-corrected chi connectivity index (χ1v) is 7.57. The van der Waals surface area contributed by atoms with Crippen molar-refractivity contribution in [2.45, 2.75) is 6.54 Å². The number of hydrogen-bond donors (Lipinski definition) is 1. The van der Waals surface area contributed by atoms with E-state index in [0.29, 0.717) is 22.4 Å². The molecule has 110 valence electrons. The van der Waals surface area contributed by atoms with Crippen LogP contribution in [0.3, 0.4) is 0 Å². The van der Waals surface area contributed by atoms with Gasteiger partial charge in [-0.15, -0.1) is 0 Å². The molecular weight excluding hydrogens is 316 g/mol. The smallest absolute Gasteiger partial charge is 0.276 e. The minimum Gasteiger partial charge on any atom is -0.328 e. The number of carbonyl (C=O) groups is 1. The summed E-state index contributed by atoms with van der Waals surface area (Å²) in [6.45, 7) is 0.358. The molecule has 1 heterocycles. The second-order valence-corrected chi connectivity index (χ2v) is 5.68. The summed E-state index contributed by atoms with van der Waals surface area (Å²) < 4.78 is 0. The number of amides is 1. The van der Waals surface area contributed by atoms with Crippen molar-refractivity contribution in [2.75, 3.05) is 0 Å². The molecule has 2 aromatic carbocycles. The summed E-state index contributed by atoms with van der Waals surface area (Å²) in [5, 5.41) is 3.99. The summed E-state index contributed by atoms with van der Waals surface area (Å²) >= 11 is 11.4. The van der Waals surface area contributed by atoms with Gasteiger partial charge in [-0.2, -0.15) is 0 Å². The Morgan fingerprint density at radius 3 is 2.50 bits per heavy atom. The zero-order valence-electron chi connectivity index (χ0n) is 11.6. The molecule has 0 aromatic heterocycles. The van der Waals surface area contributed by atoms with Crippen LogP contribution in [0.1, 0.15) is 11.1 Å². The van der Waals surface area contributed by atoms with Crippen molar-refractivity contribution in [3.8, 4) is 0 Å². The van der Waals surface area contributed by atoms with Gasteiger partial charge < -0.3 is 5.32 Å². The third-order valence-corrected chi connectivity index (χ3v) is 4.05. The average molecular weight is 329 g/mol. The Kier molecular flexibility index (Phi) is 4.22. The number of nitrogens with zero attached hydrogens (tertiary/aromatic N) is 1. The molecule has 0 bridgehead atoms. The Labute approximate surface area is 139 Å².